The largest absolute Gasteiger partial charge is 0.494 e. The molecule has 0 saturated heterocycles. The standard InChI is InChI=1S/C17H21FN4O2/c1-13(16(23)21-17-19-9-3-10-20-17)22(2)11-4-12-24-15-7-5-14(18)6-8-15/h3,5-10,13H,4,11-12H2,1-2H3,(H,19,20,21,23). The normalized spacial score (nSPS) is 12.0. The van der Waals surface area contributed by atoms with E-state index >= 15 is 0 Å². The molecule has 0 spiro atoms. The Labute approximate surface area is 140 Å². The van der Waals surface area contributed by atoms with Gasteiger partial charge in [0.1, 0.15) is 11.6 Å². The molecule has 1 heterocycles. The van der Waals surface area contributed by atoms with E-state index in [1.54, 1.807) is 30.6 Å². The molecule has 0 aliphatic heterocycles. The van der Waals surface area contributed by atoms with Crippen LogP contribution >= 0.6 is 0 Å². The zero-order chi connectivity index (χ0) is 17.4. The monoisotopic (exact) mass is 332 g/mol. The molecule has 0 saturated carbocycles. The smallest absolute Gasteiger partial charge is 0.243 e. The zero-order valence-electron chi connectivity index (χ0n) is 13.8. The number of benzene rings is 1. The second kappa shape index (κ2) is 8.93. The fourth-order valence-electron chi connectivity index (χ4n) is 2.01. The summed E-state index contributed by atoms with van der Waals surface area (Å²) in [5.41, 5.74) is 0. The molecule has 2 rings (SSSR count). The summed E-state index contributed by atoms with van der Waals surface area (Å²) in [4.78, 5) is 22.0. The van der Waals surface area contributed by atoms with E-state index < -0.39 is 0 Å². The number of nitrogens with zero attached hydrogens (tertiary/aromatic N) is 3. The maximum absolute atomic E-state index is 12.8. The molecule has 7 heteroatoms. The van der Waals surface area contributed by atoms with Crippen LogP contribution in [0, 0.1) is 5.82 Å². The second-order valence-electron chi connectivity index (χ2n) is 5.37. The van der Waals surface area contributed by atoms with Crippen molar-refractivity contribution >= 4 is 11.9 Å². The molecule has 1 aromatic carbocycles. The minimum Gasteiger partial charge on any atom is -0.494 e. The number of hydrogen-bond acceptors (Lipinski definition) is 5. The van der Waals surface area contributed by atoms with Crippen molar-refractivity contribution in [3.63, 3.8) is 0 Å². The molecule has 0 aliphatic carbocycles. The molecule has 1 unspecified atom stereocenters. The van der Waals surface area contributed by atoms with Crippen LogP contribution in [-0.4, -0.2) is 47.0 Å². The summed E-state index contributed by atoms with van der Waals surface area (Å²) < 4.78 is 18.3. The molecule has 128 valence electrons. The number of carbonyl (C=O) groups excluding carboxylic acids is 1. The Bertz CT molecular complexity index is 637. The lowest BCUT2D eigenvalue weighted by Crippen LogP contribution is -2.40. The highest BCUT2D eigenvalue weighted by Gasteiger charge is 2.18. The van der Waals surface area contributed by atoms with Crippen molar-refractivity contribution in [2.75, 3.05) is 25.5 Å². The first kappa shape index (κ1) is 17.8. The molecule has 0 radical (unpaired) electrons. The lowest BCUT2D eigenvalue weighted by molar-refractivity contribution is -0.120. The number of hydrogen-bond donors (Lipinski definition) is 1. The number of likely N-dealkylation sites (N-methyl/N-ethyl adjacent to an activating group) is 1. The van der Waals surface area contributed by atoms with Gasteiger partial charge >= 0.3 is 0 Å². The number of halogens is 1. The highest BCUT2D eigenvalue weighted by atomic mass is 19.1. The van der Waals surface area contributed by atoms with Gasteiger partial charge < -0.3 is 4.74 Å². The number of anilines is 1. The lowest BCUT2D eigenvalue weighted by atomic mass is 10.2. The first-order chi connectivity index (χ1) is 11.6. The van der Waals surface area contributed by atoms with Crippen molar-refractivity contribution in [2.45, 2.75) is 19.4 Å². The Morgan fingerprint density at radius 1 is 1.29 bits per heavy atom. The van der Waals surface area contributed by atoms with Crippen LogP contribution in [-0.2, 0) is 4.79 Å². The van der Waals surface area contributed by atoms with Crippen LogP contribution in [0.1, 0.15) is 13.3 Å². The van der Waals surface area contributed by atoms with E-state index in [9.17, 15) is 9.18 Å². The van der Waals surface area contributed by atoms with Crippen molar-refractivity contribution in [1.82, 2.24) is 14.9 Å². The Hall–Kier alpha value is -2.54. The summed E-state index contributed by atoms with van der Waals surface area (Å²) >= 11 is 0. The molecule has 1 atom stereocenters. The van der Waals surface area contributed by atoms with Gasteiger partial charge in [-0.1, -0.05) is 0 Å². The van der Waals surface area contributed by atoms with Crippen LogP contribution in [0.3, 0.4) is 0 Å². The van der Waals surface area contributed by atoms with Gasteiger partial charge in [0.2, 0.25) is 11.9 Å². The molecule has 6 nitrogen and oxygen atoms in total. The number of amides is 1. The predicted octanol–water partition coefficient (Wildman–Crippen LogP) is 2.34. The number of ether oxygens (including phenoxy) is 1. The first-order valence-electron chi connectivity index (χ1n) is 7.73. The van der Waals surface area contributed by atoms with Crippen molar-refractivity contribution in [3.05, 3.63) is 48.5 Å². The van der Waals surface area contributed by atoms with Crippen LogP contribution < -0.4 is 10.1 Å². The van der Waals surface area contributed by atoms with Crippen molar-refractivity contribution in [1.29, 1.82) is 0 Å². The van der Waals surface area contributed by atoms with E-state index in [2.05, 4.69) is 15.3 Å². The SMILES string of the molecule is CC(C(=O)Nc1ncccn1)N(C)CCCOc1ccc(F)cc1. The minimum absolute atomic E-state index is 0.164. The van der Waals surface area contributed by atoms with E-state index in [-0.39, 0.29) is 17.8 Å². The first-order valence-corrected chi connectivity index (χ1v) is 7.73. The minimum atomic E-state index is -0.320. The van der Waals surface area contributed by atoms with E-state index in [1.807, 2.05) is 18.9 Å². The van der Waals surface area contributed by atoms with Gasteiger partial charge in [-0.25, -0.2) is 14.4 Å². The molecule has 24 heavy (non-hydrogen) atoms. The Balaban J connectivity index is 1.70. The van der Waals surface area contributed by atoms with Crippen LogP contribution in [0.25, 0.3) is 0 Å². The topological polar surface area (TPSA) is 67.4 Å². The predicted molar refractivity (Wildman–Crippen MR) is 89.3 cm³/mol. The number of carbonyl (C=O) groups is 1. The Morgan fingerprint density at radius 2 is 1.96 bits per heavy atom. The summed E-state index contributed by atoms with van der Waals surface area (Å²) in [7, 11) is 1.87. The third kappa shape index (κ3) is 5.58. The molecular weight excluding hydrogens is 311 g/mol. The van der Waals surface area contributed by atoms with E-state index in [4.69, 9.17) is 4.74 Å². The molecule has 0 aliphatic rings. The molecule has 1 amide bonds. The van der Waals surface area contributed by atoms with Gasteiger partial charge in [0.05, 0.1) is 12.6 Å². The molecule has 0 bridgehead atoms. The molecule has 0 fully saturated rings. The van der Waals surface area contributed by atoms with Gasteiger partial charge in [-0.15, -0.1) is 0 Å². The Kier molecular flexibility index (Phi) is 6.62. The van der Waals surface area contributed by atoms with Gasteiger partial charge in [0, 0.05) is 18.9 Å². The van der Waals surface area contributed by atoms with Gasteiger partial charge in [-0.3, -0.25) is 15.0 Å². The highest BCUT2D eigenvalue weighted by Crippen LogP contribution is 2.11. The van der Waals surface area contributed by atoms with Crippen LogP contribution in [0.4, 0.5) is 10.3 Å². The summed E-state index contributed by atoms with van der Waals surface area (Å²) in [5.74, 6) is 0.473. The van der Waals surface area contributed by atoms with Gasteiger partial charge in [0.25, 0.3) is 0 Å². The Morgan fingerprint density at radius 3 is 2.62 bits per heavy atom. The van der Waals surface area contributed by atoms with E-state index in [1.165, 1.54) is 12.1 Å². The molecular formula is C17H21FN4O2. The van der Waals surface area contributed by atoms with Crippen LogP contribution in [0.15, 0.2) is 42.7 Å². The molecule has 1 N–H and O–H groups in total. The van der Waals surface area contributed by atoms with Gasteiger partial charge in [0.15, 0.2) is 0 Å². The summed E-state index contributed by atoms with van der Waals surface area (Å²) in [6.45, 7) is 3.00. The fourth-order valence-corrected chi connectivity index (χ4v) is 2.01. The van der Waals surface area contributed by atoms with Crippen molar-refractivity contribution in [3.8, 4) is 5.75 Å². The summed E-state index contributed by atoms with van der Waals surface area (Å²) in [6, 6.07) is 7.27. The van der Waals surface area contributed by atoms with Crippen LogP contribution in [0.2, 0.25) is 0 Å². The molecule has 2 aromatic rings. The molecule has 1 aromatic heterocycles. The average Bonchev–Trinajstić information content (AvgIpc) is 2.60. The maximum atomic E-state index is 12.8. The van der Waals surface area contributed by atoms with Crippen molar-refractivity contribution in [2.24, 2.45) is 0 Å². The van der Waals surface area contributed by atoms with E-state index in [0.717, 1.165) is 6.42 Å². The number of nitrogens with one attached hydrogen (secondary N) is 1. The summed E-state index contributed by atoms with van der Waals surface area (Å²) in [5, 5.41) is 2.67. The van der Waals surface area contributed by atoms with Crippen molar-refractivity contribution < 1.29 is 13.9 Å². The van der Waals surface area contributed by atoms with Gasteiger partial charge in [-0.2, -0.15) is 0 Å². The third-order valence-corrected chi connectivity index (χ3v) is 3.58. The van der Waals surface area contributed by atoms with E-state index in [0.29, 0.717) is 24.8 Å². The summed E-state index contributed by atoms with van der Waals surface area (Å²) in [6.07, 6.45) is 3.89. The second-order valence-corrected chi connectivity index (χ2v) is 5.37. The maximum Gasteiger partial charge on any atom is 0.243 e. The highest BCUT2D eigenvalue weighted by molar-refractivity contribution is 5.92. The fraction of sp³-hybridized carbons (Fsp3) is 0.353. The average molecular weight is 332 g/mol. The number of rotatable bonds is 8. The quantitative estimate of drug-likeness (QED) is 0.752. The van der Waals surface area contributed by atoms with Crippen LogP contribution in [0.5, 0.6) is 5.75 Å². The number of aromatic nitrogens is 2. The zero-order valence-corrected chi connectivity index (χ0v) is 13.8. The lowest BCUT2D eigenvalue weighted by Gasteiger charge is -2.23. The van der Waals surface area contributed by atoms with Gasteiger partial charge in [-0.05, 0) is 50.7 Å². The third-order valence-electron chi connectivity index (χ3n) is 3.58.